The summed E-state index contributed by atoms with van der Waals surface area (Å²) < 4.78 is 0. The molecular formula is C15H18N2S. The normalized spacial score (nSPS) is 12.3. The number of nitrogens with one attached hydrogen (secondary N) is 1. The average molecular weight is 258 g/mol. The first kappa shape index (κ1) is 13.1. The number of thioether (sulfide) groups is 1. The largest absolute Gasteiger partial charge is 0.320 e. The number of pyridine rings is 1. The van der Waals surface area contributed by atoms with Gasteiger partial charge >= 0.3 is 0 Å². The molecule has 94 valence electrons. The zero-order valence-electron chi connectivity index (χ0n) is 10.5. The van der Waals surface area contributed by atoms with Crippen LogP contribution in [0.4, 0.5) is 0 Å². The minimum absolute atomic E-state index is 0.452. The van der Waals surface area contributed by atoms with Crippen LogP contribution in [0.2, 0.25) is 0 Å². The maximum Gasteiger partial charge on any atom is 0.0965 e. The van der Waals surface area contributed by atoms with Crippen LogP contribution in [0.1, 0.15) is 17.2 Å². The van der Waals surface area contributed by atoms with Crippen LogP contribution in [0, 0.1) is 0 Å². The first-order valence-corrected chi connectivity index (χ1v) is 7.05. The third-order valence-corrected chi connectivity index (χ3v) is 4.00. The summed E-state index contributed by atoms with van der Waals surface area (Å²) >= 11 is 1.83. The van der Waals surface area contributed by atoms with Crippen molar-refractivity contribution in [1.29, 1.82) is 0 Å². The van der Waals surface area contributed by atoms with Gasteiger partial charge in [-0.05, 0) is 37.7 Å². The summed E-state index contributed by atoms with van der Waals surface area (Å²) in [5.74, 6) is 0. The summed E-state index contributed by atoms with van der Waals surface area (Å²) in [6, 6.07) is 16.7. The molecule has 0 saturated heterocycles. The molecule has 3 heteroatoms. The second-order valence-corrected chi connectivity index (χ2v) is 5.30. The van der Waals surface area contributed by atoms with Crippen molar-refractivity contribution < 1.29 is 0 Å². The fraction of sp³-hybridized carbons (Fsp3) is 0.267. The van der Waals surface area contributed by atoms with E-state index in [9.17, 15) is 0 Å². The van der Waals surface area contributed by atoms with Crippen LogP contribution in [0.3, 0.4) is 0 Å². The van der Waals surface area contributed by atoms with Crippen LogP contribution in [0.15, 0.2) is 59.8 Å². The Morgan fingerprint density at radius 2 is 1.89 bits per heavy atom. The highest BCUT2D eigenvalue weighted by molar-refractivity contribution is 7.99. The van der Waals surface area contributed by atoms with Gasteiger partial charge in [0.1, 0.15) is 0 Å². The average Bonchev–Trinajstić information content (AvgIpc) is 2.45. The predicted molar refractivity (Wildman–Crippen MR) is 77.8 cm³/mol. The molecule has 18 heavy (non-hydrogen) atoms. The van der Waals surface area contributed by atoms with Crippen molar-refractivity contribution in [3.05, 3.63) is 60.3 Å². The molecule has 0 radical (unpaired) electrons. The number of hydrogen-bond acceptors (Lipinski definition) is 3. The van der Waals surface area contributed by atoms with E-state index in [-0.39, 0.29) is 0 Å². The summed E-state index contributed by atoms with van der Waals surface area (Å²) in [5, 5.41) is 4.76. The first-order valence-electron chi connectivity index (χ1n) is 6.17. The van der Waals surface area contributed by atoms with Gasteiger partial charge in [0.25, 0.3) is 0 Å². The van der Waals surface area contributed by atoms with Crippen molar-refractivity contribution in [1.82, 2.24) is 10.3 Å². The number of rotatable bonds is 6. The minimum Gasteiger partial charge on any atom is -0.320 e. The zero-order chi connectivity index (χ0) is 12.6. The second kappa shape index (κ2) is 7.19. The molecule has 0 amide bonds. The molecule has 0 aliphatic rings. The molecule has 0 spiro atoms. The van der Waals surface area contributed by atoms with Gasteiger partial charge in [0.2, 0.25) is 0 Å². The SMILES string of the molecule is CNCCC(Sc1ccccn1)c1ccccc1. The van der Waals surface area contributed by atoms with Crippen LogP contribution in [0.25, 0.3) is 0 Å². The summed E-state index contributed by atoms with van der Waals surface area (Å²) in [6.45, 7) is 1.01. The number of benzene rings is 1. The Hall–Kier alpha value is -1.32. The van der Waals surface area contributed by atoms with Crippen molar-refractivity contribution in [2.45, 2.75) is 16.7 Å². The molecule has 1 unspecified atom stereocenters. The zero-order valence-corrected chi connectivity index (χ0v) is 11.4. The fourth-order valence-electron chi connectivity index (χ4n) is 1.80. The molecule has 0 aliphatic carbocycles. The van der Waals surface area contributed by atoms with Crippen molar-refractivity contribution in [3.8, 4) is 0 Å². The highest BCUT2D eigenvalue weighted by atomic mass is 32.2. The van der Waals surface area contributed by atoms with Gasteiger partial charge in [0.15, 0.2) is 0 Å². The van der Waals surface area contributed by atoms with Crippen LogP contribution >= 0.6 is 11.8 Å². The molecule has 1 atom stereocenters. The van der Waals surface area contributed by atoms with Crippen LogP contribution in [0.5, 0.6) is 0 Å². The Morgan fingerprint density at radius 1 is 1.11 bits per heavy atom. The molecule has 1 aromatic heterocycles. The van der Waals surface area contributed by atoms with E-state index in [1.54, 1.807) is 0 Å². The smallest absolute Gasteiger partial charge is 0.0965 e. The quantitative estimate of drug-likeness (QED) is 0.802. The molecule has 1 N–H and O–H groups in total. The highest BCUT2D eigenvalue weighted by Crippen LogP contribution is 2.36. The van der Waals surface area contributed by atoms with Crippen molar-refractivity contribution in [2.24, 2.45) is 0 Å². The lowest BCUT2D eigenvalue weighted by Gasteiger charge is -2.16. The summed E-state index contributed by atoms with van der Waals surface area (Å²) in [4.78, 5) is 4.39. The number of nitrogens with zero attached hydrogens (tertiary/aromatic N) is 1. The molecule has 0 aliphatic heterocycles. The lowest BCUT2D eigenvalue weighted by Crippen LogP contribution is -2.10. The maximum absolute atomic E-state index is 4.39. The third-order valence-electron chi connectivity index (χ3n) is 2.73. The van der Waals surface area contributed by atoms with Crippen molar-refractivity contribution in [3.63, 3.8) is 0 Å². The topological polar surface area (TPSA) is 24.9 Å². The highest BCUT2D eigenvalue weighted by Gasteiger charge is 2.12. The predicted octanol–water partition coefficient (Wildman–Crippen LogP) is 3.52. The first-order chi connectivity index (χ1) is 8.90. The molecular weight excluding hydrogens is 240 g/mol. The molecule has 0 bridgehead atoms. The summed E-state index contributed by atoms with van der Waals surface area (Å²) in [5.41, 5.74) is 1.36. The molecule has 0 saturated carbocycles. The van der Waals surface area contributed by atoms with Gasteiger partial charge in [-0.2, -0.15) is 0 Å². The van der Waals surface area contributed by atoms with E-state index in [0.717, 1.165) is 18.0 Å². The Morgan fingerprint density at radius 3 is 2.56 bits per heavy atom. The maximum atomic E-state index is 4.39. The van der Waals surface area contributed by atoms with Gasteiger partial charge < -0.3 is 5.32 Å². The van der Waals surface area contributed by atoms with E-state index < -0.39 is 0 Å². The van der Waals surface area contributed by atoms with Crippen LogP contribution in [-0.2, 0) is 0 Å². The van der Waals surface area contributed by atoms with Gasteiger partial charge in [-0.25, -0.2) is 4.98 Å². The fourth-order valence-corrected chi connectivity index (χ4v) is 2.90. The van der Waals surface area contributed by atoms with E-state index in [1.165, 1.54) is 5.56 Å². The Bertz CT molecular complexity index is 445. The lowest BCUT2D eigenvalue weighted by molar-refractivity contribution is 0.714. The van der Waals surface area contributed by atoms with Gasteiger partial charge in [-0.1, -0.05) is 48.2 Å². The van der Waals surface area contributed by atoms with Gasteiger partial charge in [-0.15, -0.1) is 0 Å². The van der Waals surface area contributed by atoms with E-state index in [1.807, 2.05) is 37.1 Å². The monoisotopic (exact) mass is 258 g/mol. The molecule has 1 aromatic carbocycles. The summed E-state index contributed by atoms with van der Waals surface area (Å²) in [6.07, 6.45) is 2.95. The van der Waals surface area contributed by atoms with Crippen molar-refractivity contribution in [2.75, 3.05) is 13.6 Å². The van der Waals surface area contributed by atoms with E-state index in [4.69, 9.17) is 0 Å². The van der Waals surface area contributed by atoms with Gasteiger partial charge in [-0.3, -0.25) is 0 Å². The number of hydrogen-bond donors (Lipinski definition) is 1. The second-order valence-electron chi connectivity index (χ2n) is 4.08. The molecule has 1 heterocycles. The third kappa shape index (κ3) is 3.86. The molecule has 2 nitrogen and oxygen atoms in total. The van der Waals surface area contributed by atoms with E-state index in [2.05, 4.69) is 46.7 Å². The van der Waals surface area contributed by atoms with E-state index >= 15 is 0 Å². The van der Waals surface area contributed by atoms with Gasteiger partial charge in [0.05, 0.1) is 5.03 Å². The van der Waals surface area contributed by atoms with Crippen molar-refractivity contribution >= 4 is 11.8 Å². The van der Waals surface area contributed by atoms with Crippen LogP contribution in [-0.4, -0.2) is 18.6 Å². The summed E-state index contributed by atoms with van der Waals surface area (Å²) in [7, 11) is 1.99. The van der Waals surface area contributed by atoms with Crippen LogP contribution < -0.4 is 5.32 Å². The Kier molecular flexibility index (Phi) is 5.24. The Labute approximate surface area is 113 Å². The van der Waals surface area contributed by atoms with Gasteiger partial charge in [0, 0.05) is 11.4 Å². The molecule has 0 fully saturated rings. The molecule has 2 rings (SSSR count). The standard InChI is InChI=1S/C15H18N2S/c1-16-12-10-14(13-7-3-2-4-8-13)18-15-9-5-6-11-17-15/h2-9,11,14,16H,10,12H2,1H3. The Balaban J connectivity index is 2.10. The molecule has 2 aromatic rings. The minimum atomic E-state index is 0.452. The van der Waals surface area contributed by atoms with E-state index in [0.29, 0.717) is 5.25 Å². The number of aromatic nitrogens is 1. The lowest BCUT2D eigenvalue weighted by atomic mass is 10.1.